The molecule has 14 heteroatoms. The maximum absolute atomic E-state index is 13.8. The van der Waals surface area contributed by atoms with Crippen molar-refractivity contribution in [1.29, 1.82) is 0 Å². The number of nitrogens with zero attached hydrogens (tertiary/aromatic N) is 4. The van der Waals surface area contributed by atoms with Gasteiger partial charge in [0.15, 0.2) is 0 Å². The lowest BCUT2D eigenvalue weighted by Gasteiger charge is -2.44. The molecule has 0 saturated heterocycles. The predicted octanol–water partition coefficient (Wildman–Crippen LogP) is 6.39. The van der Waals surface area contributed by atoms with Gasteiger partial charge < -0.3 is 24.8 Å². The summed E-state index contributed by atoms with van der Waals surface area (Å²) in [5.41, 5.74) is 0.915. The van der Waals surface area contributed by atoms with Crippen LogP contribution in [0, 0.1) is 17.8 Å². The normalized spacial score (nSPS) is 23.1. The van der Waals surface area contributed by atoms with Crippen molar-refractivity contribution in [1.82, 2.24) is 15.3 Å². The quantitative estimate of drug-likeness (QED) is 0.164. The molecule has 5 rings (SSSR count). The summed E-state index contributed by atoms with van der Waals surface area (Å²) in [4.78, 5) is 51.9. The minimum Gasteiger partial charge on any atom is -0.495 e. The Hall–Kier alpha value is -3.77. The van der Waals surface area contributed by atoms with Gasteiger partial charge in [-0.1, -0.05) is 68.3 Å². The highest BCUT2D eigenvalue weighted by atomic mass is 35.5. The molecule has 0 bridgehead atoms. The lowest BCUT2D eigenvalue weighted by molar-refractivity contribution is -0.153. The summed E-state index contributed by atoms with van der Waals surface area (Å²) in [6, 6.07) is 0.459. The van der Waals surface area contributed by atoms with Crippen LogP contribution in [0.1, 0.15) is 63.9 Å². The molecule has 1 aromatic heterocycles. The van der Waals surface area contributed by atoms with E-state index in [0.29, 0.717) is 54.2 Å². The second kappa shape index (κ2) is 15.6. The molecule has 2 N–H and O–H groups in total. The van der Waals surface area contributed by atoms with Gasteiger partial charge in [-0.3, -0.25) is 19.4 Å². The van der Waals surface area contributed by atoms with E-state index in [1.807, 2.05) is 6.92 Å². The van der Waals surface area contributed by atoms with E-state index < -0.39 is 12.1 Å². The number of hydrogen-bond acceptors (Lipinski definition) is 9. The molecule has 1 aliphatic heterocycles. The Bertz CT molecular complexity index is 1510. The molecule has 12 nitrogen and oxygen atoms in total. The van der Waals surface area contributed by atoms with Crippen LogP contribution >= 0.6 is 23.2 Å². The highest BCUT2D eigenvalue weighted by Gasteiger charge is 2.45. The summed E-state index contributed by atoms with van der Waals surface area (Å²) in [6.07, 6.45) is 10.7. The van der Waals surface area contributed by atoms with Crippen LogP contribution in [0.2, 0.25) is 10.0 Å². The third kappa shape index (κ3) is 7.29. The van der Waals surface area contributed by atoms with Gasteiger partial charge in [0.25, 0.3) is 0 Å². The Labute approximate surface area is 291 Å². The van der Waals surface area contributed by atoms with Crippen LogP contribution in [0.25, 0.3) is 0 Å². The molecule has 1 aromatic carbocycles. The molecule has 2 aliphatic carbocycles. The number of carbonyl (C=O) groups is 3. The average molecular weight is 704 g/mol. The number of methoxy groups -OCH3 is 2. The third-order valence-electron chi connectivity index (χ3n) is 9.78. The Morgan fingerprint density at radius 1 is 1.06 bits per heavy atom. The summed E-state index contributed by atoms with van der Waals surface area (Å²) < 4.78 is 16.4. The van der Waals surface area contributed by atoms with Crippen molar-refractivity contribution < 1.29 is 28.6 Å². The van der Waals surface area contributed by atoms with Crippen LogP contribution in [0.5, 0.6) is 11.5 Å². The average Bonchev–Trinajstić information content (AvgIpc) is 3.37. The van der Waals surface area contributed by atoms with Crippen LogP contribution in [-0.4, -0.2) is 67.8 Å². The van der Waals surface area contributed by atoms with Gasteiger partial charge >= 0.3 is 12.0 Å². The van der Waals surface area contributed by atoms with Gasteiger partial charge in [0.05, 0.1) is 45.0 Å². The number of rotatable bonds is 10. The Kier molecular flexibility index (Phi) is 11.6. The summed E-state index contributed by atoms with van der Waals surface area (Å²) in [5, 5.41) is 6.83. The van der Waals surface area contributed by atoms with E-state index in [0.717, 1.165) is 25.7 Å². The van der Waals surface area contributed by atoms with Gasteiger partial charge in [0, 0.05) is 30.9 Å². The van der Waals surface area contributed by atoms with Gasteiger partial charge in [-0.2, -0.15) is 4.98 Å². The first-order valence-electron chi connectivity index (χ1n) is 16.5. The van der Waals surface area contributed by atoms with Crippen molar-refractivity contribution in [3.63, 3.8) is 0 Å². The van der Waals surface area contributed by atoms with Crippen LogP contribution < -0.4 is 29.9 Å². The molecule has 0 radical (unpaired) electrons. The van der Waals surface area contributed by atoms with E-state index in [1.54, 1.807) is 19.3 Å². The summed E-state index contributed by atoms with van der Waals surface area (Å²) in [6.45, 7) is 5.83. The smallest absolute Gasteiger partial charge is 0.330 e. The summed E-state index contributed by atoms with van der Waals surface area (Å²) in [7, 11) is 4.55. The number of ether oxygens (including phenoxy) is 3. The zero-order valence-electron chi connectivity index (χ0n) is 27.9. The fourth-order valence-electron chi connectivity index (χ4n) is 7.40. The van der Waals surface area contributed by atoms with Crippen molar-refractivity contribution in [2.24, 2.45) is 17.8 Å². The van der Waals surface area contributed by atoms with E-state index in [-0.39, 0.29) is 52.0 Å². The van der Waals surface area contributed by atoms with E-state index in [4.69, 9.17) is 42.4 Å². The van der Waals surface area contributed by atoms with Crippen molar-refractivity contribution in [3.05, 3.63) is 40.5 Å². The van der Waals surface area contributed by atoms with Crippen molar-refractivity contribution >= 4 is 58.6 Å². The molecule has 2 saturated carbocycles. The summed E-state index contributed by atoms with van der Waals surface area (Å²) in [5.74, 6) is 0.898. The standard InChI is InChI=1S/C34H44Cl2N6O6/c1-6-27(43)38-23-15-22(32(44)48-7-2)21(19-12-10-8-9-11-13-19)14-24(23)39-33-37-17-20-18-42(34(45)41(3)31(20)40-33)30-28(35)25(46-4)16-26(47-5)29(30)36/h6,16-17,19,21-24H,1,7-15,18H2,2-5H3,(H,38,43)(H,37,39,40)/t21?,22-,23-,24+/m0/s1. The Morgan fingerprint density at radius 2 is 1.73 bits per heavy atom. The lowest BCUT2D eigenvalue weighted by atomic mass is 9.67. The third-order valence-corrected chi connectivity index (χ3v) is 10.5. The minimum absolute atomic E-state index is 0.0707. The first-order chi connectivity index (χ1) is 23.1. The zero-order chi connectivity index (χ0) is 34.5. The van der Waals surface area contributed by atoms with Gasteiger partial charge in [0.1, 0.15) is 27.4 Å². The first-order valence-corrected chi connectivity index (χ1v) is 17.2. The number of amides is 3. The molecule has 48 heavy (non-hydrogen) atoms. The number of carbonyl (C=O) groups excluding carboxylic acids is 3. The number of benzene rings is 1. The van der Waals surface area contributed by atoms with Crippen LogP contribution in [0.15, 0.2) is 24.9 Å². The van der Waals surface area contributed by atoms with Gasteiger partial charge in [-0.15, -0.1) is 0 Å². The number of hydrogen-bond donors (Lipinski definition) is 2. The maximum Gasteiger partial charge on any atom is 0.330 e. The lowest BCUT2D eigenvalue weighted by Crippen LogP contribution is -2.55. The predicted molar refractivity (Wildman–Crippen MR) is 185 cm³/mol. The monoisotopic (exact) mass is 702 g/mol. The molecule has 2 aromatic rings. The van der Waals surface area contributed by atoms with E-state index in [9.17, 15) is 14.4 Å². The molecule has 0 spiro atoms. The van der Waals surface area contributed by atoms with E-state index in [2.05, 4.69) is 22.2 Å². The van der Waals surface area contributed by atoms with E-state index in [1.165, 1.54) is 42.9 Å². The molecule has 1 unspecified atom stereocenters. The molecule has 2 fully saturated rings. The van der Waals surface area contributed by atoms with Crippen molar-refractivity contribution in [2.75, 3.05) is 43.0 Å². The van der Waals surface area contributed by atoms with Crippen LogP contribution in [0.3, 0.4) is 0 Å². The minimum atomic E-state index is -0.411. The van der Waals surface area contributed by atoms with E-state index >= 15 is 0 Å². The highest BCUT2D eigenvalue weighted by molar-refractivity contribution is 6.42. The van der Waals surface area contributed by atoms with Gasteiger partial charge in [0.2, 0.25) is 11.9 Å². The molecule has 4 atom stereocenters. The Balaban J connectivity index is 1.45. The van der Waals surface area contributed by atoms with Gasteiger partial charge in [-0.25, -0.2) is 9.78 Å². The highest BCUT2D eigenvalue weighted by Crippen LogP contribution is 2.48. The molecular weight excluding hydrogens is 659 g/mol. The molecule has 3 aliphatic rings. The van der Waals surface area contributed by atoms with Crippen LogP contribution in [-0.2, 0) is 20.9 Å². The second-order valence-corrected chi connectivity index (χ2v) is 13.3. The van der Waals surface area contributed by atoms with Gasteiger partial charge in [-0.05, 0) is 37.7 Å². The fourth-order valence-corrected chi connectivity index (χ4v) is 8.11. The summed E-state index contributed by atoms with van der Waals surface area (Å²) >= 11 is 13.3. The molecule has 2 heterocycles. The molecule has 260 valence electrons. The second-order valence-electron chi connectivity index (χ2n) is 12.5. The SMILES string of the molecule is C=CC(=O)N[C@H]1C[C@H](C(=O)OCC)C(C2CCCCCC2)C[C@H]1Nc1ncc2c(n1)N(C)C(=O)N(c1c(Cl)c(OC)cc(OC)c1Cl)C2. The number of aromatic nitrogens is 2. The number of fused-ring (bicyclic) bond motifs is 1. The number of esters is 1. The molecular formula is C34H44Cl2N6O6. The van der Waals surface area contributed by atoms with Crippen molar-refractivity contribution in [2.45, 2.75) is 76.9 Å². The number of halogens is 2. The Morgan fingerprint density at radius 3 is 2.33 bits per heavy atom. The zero-order valence-corrected chi connectivity index (χ0v) is 29.4. The number of urea groups is 1. The topological polar surface area (TPSA) is 135 Å². The first kappa shape index (κ1) is 35.5. The number of nitrogens with one attached hydrogen (secondary N) is 2. The largest absolute Gasteiger partial charge is 0.495 e. The van der Waals surface area contributed by atoms with Crippen molar-refractivity contribution in [3.8, 4) is 11.5 Å². The number of anilines is 3. The fraction of sp³-hybridized carbons (Fsp3) is 0.559. The molecule has 3 amide bonds. The van der Waals surface area contributed by atoms with Crippen LogP contribution in [0.4, 0.5) is 22.2 Å². The maximum atomic E-state index is 13.8.